The van der Waals surface area contributed by atoms with Crippen molar-refractivity contribution < 1.29 is 9.59 Å². The average molecular weight is 344 g/mol. The van der Waals surface area contributed by atoms with Gasteiger partial charge in [0.1, 0.15) is 5.82 Å². The van der Waals surface area contributed by atoms with Crippen molar-refractivity contribution in [3.8, 4) is 0 Å². The van der Waals surface area contributed by atoms with Gasteiger partial charge in [-0.3, -0.25) is 9.59 Å². The topological polar surface area (TPSA) is 88.3 Å². The highest BCUT2D eigenvalue weighted by Gasteiger charge is 2.24. The van der Waals surface area contributed by atoms with Crippen molar-refractivity contribution in [2.24, 2.45) is 17.6 Å². The Morgan fingerprint density at radius 1 is 1.16 bits per heavy atom. The van der Waals surface area contributed by atoms with E-state index in [1.807, 2.05) is 12.1 Å². The highest BCUT2D eigenvalue weighted by molar-refractivity contribution is 5.90. The SMILES string of the molecule is NC(=O)[C@@H]1CCCN(c2ccc(NC(=O)CC3CCCCC3)cn2)C1. The molecule has 6 nitrogen and oxygen atoms in total. The fraction of sp³-hybridized carbons (Fsp3) is 0.632. The minimum Gasteiger partial charge on any atom is -0.369 e. The standard InChI is InChI=1S/C19H28N4O2/c20-19(25)15-7-4-10-23(13-15)17-9-8-16(12-21-17)22-18(24)11-14-5-2-1-3-6-14/h8-9,12,14-15H,1-7,10-11,13H2,(H2,20,25)(H,22,24)/t15-/m1/s1. The normalized spacial score (nSPS) is 21.8. The van der Waals surface area contributed by atoms with E-state index in [-0.39, 0.29) is 17.7 Å². The number of carbonyl (C=O) groups is 2. The van der Waals surface area contributed by atoms with E-state index < -0.39 is 0 Å². The molecule has 136 valence electrons. The van der Waals surface area contributed by atoms with Gasteiger partial charge in [-0.25, -0.2) is 4.98 Å². The number of nitrogens with one attached hydrogen (secondary N) is 1. The minimum atomic E-state index is -0.240. The number of pyridine rings is 1. The Bertz CT molecular complexity index is 596. The molecule has 0 bridgehead atoms. The smallest absolute Gasteiger partial charge is 0.224 e. The van der Waals surface area contributed by atoms with Gasteiger partial charge in [0.05, 0.1) is 17.8 Å². The summed E-state index contributed by atoms with van der Waals surface area (Å²) in [5, 5.41) is 2.95. The molecule has 6 heteroatoms. The van der Waals surface area contributed by atoms with E-state index in [1.165, 1.54) is 32.1 Å². The summed E-state index contributed by atoms with van der Waals surface area (Å²) in [4.78, 5) is 30.1. The summed E-state index contributed by atoms with van der Waals surface area (Å²) in [5.41, 5.74) is 6.16. The first-order valence-electron chi connectivity index (χ1n) is 9.42. The van der Waals surface area contributed by atoms with Crippen molar-refractivity contribution in [2.75, 3.05) is 23.3 Å². The third-order valence-electron chi connectivity index (χ3n) is 5.38. The molecule has 0 radical (unpaired) electrons. The van der Waals surface area contributed by atoms with Crippen molar-refractivity contribution in [1.29, 1.82) is 0 Å². The Hall–Kier alpha value is -2.11. The van der Waals surface area contributed by atoms with Crippen LogP contribution in [-0.4, -0.2) is 29.9 Å². The van der Waals surface area contributed by atoms with Gasteiger partial charge in [-0.1, -0.05) is 19.3 Å². The van der Waals surface area contributed by atoms with E-state index in [0.29, 0.717) is 18.9 Å². The second kappa shape index (κ2) is 8.32. The lowest BCUT2D eigenvalue weighted by Crippen LogP contribution is -2.41. The molecule has 2 amide bonds. The van der Waals surface area contributed by atoms with Crippen LogP contribution in [0.2, 0.25) is 0 Å². The molecular formula is C19H28N4O2. The Labute approximate surface area is 149 Å². The molecule has 0 spiro atoms. The number of anilines is 2. The first kappa shape index (κ1) is 17.7. The van der Waals surface area contributed by atoms with E-state index in [1.54, 1.807) is 6.20 Å². The number of nitrogens with two attached hydrogens (primary N) is 1. The number of carbonyl (C=O) groups excluding carboxylic acids is 2. The van der Waals surface area contributed by atoms with Crippen LogP contribution in [-0.2, 0) is 9.59 Å². The maximum atomic E-state index is 12.2. The fourth-order valence-corrected chi connectivity index (χ4v) is 3.93. The second-order valence-electron chi connectivity index (χ2n) is 7.35. The van der Waals surface area contributed by atoms with Crippen LogP contribution in [0.4, 0.5) is 11.5 Å². The number of hydrogen-bond acceptors (Lipinski definition) is 4. The maximum Gasteiger partial charge on any atom is 0.224 e. The van der Waals surface area contributed by atoms with Crippen LogP contribution < -0.4 is 16.0 Å². The summed E-state index contributed by atoms with van der Waals surface area (Å²) in [6.07, 6.45) is 10.2. The molecule has 0 aromatic carbocycles. The third-order valence-corrected chi connectivity index (χ3v) is 5.38. The van der Waals surface area contributed by atoms with Gasteiger partial charge in [0.15, 0.2) is 0 Å². The molecule has 1 aliphatic carbocycles. The second-order valence-corrected chi connectivity index (χ2v) is 7.35. The molecule has 0 unspecified atom stereocenters. The molecule has 3 rings (SSSR count). The number of aromatic nitrogens is 1. The molecule has 2 heterocycles. The third kappa shape index (κ3) is 4.94. The molecule has 25 heavy (non-hydrogen) atoms. The molecule has 1 aromatic rings. The Morgan fingerprint density at radius 3 is 2.64 bits per heavy atom. The van der Waals surface area contributed by atoms with E-state index in [0.717, 1.165) is 30.9 Å². The summed E-state index contributed by atoms with van der Waals surface area (Å²) in [7, 11) is 0. The van der Waals surface area contributed by atoms with Gasteiger partial charge in [-0.2, -0.15) is 0 Å². The zero-order valence-corrected chi connectivity index (χ0v) is 14.7. The van der Waals surface area contributed by atoms with E-state index in [9.17, 15) is 9.59 Å². The van der Waals surface area contributed by atoms with E-state index >= 15 is 0 Å². The summed E-state index contributed by atoms with van der Waals surface area (Å²) in [5.74, 6) is 1.09. The van der Waals surface area contributed by atoms with Gasteiger partial charge in [0, 0.05) is 19.5 Å². The molecule has 1 aromatic heterocycles. The van der Waals surface area contributed by atoms with E-state index in [2.05, 4.69) is 15.2 Å². The van der Waals surface area contributed by atoms with Crippen LogP contribution in [0.1, 0.15) is 51.4 Å². The van der Waals surface area contributed by atoms with Crippen molar-refractivity contribution in [3.05, 3.63) is 18.3 Å². The van der Waals surface area contributed by atoms with Crippen LogP contribution in [0.5, 0.6) is 0 Å². The highest BCUT2D eigenvalue weighted by Crippen LogP contribution is 2.27. The van der Waals surface area contributed by atoms with E-state index in [4.69, 9.17) is 5.73 Å². The van der Waals surface area contributed by atoms with Crippen molar-refractivity contribution in [2.45, 2.75) is 51.4 Å². The quantitative estimate of drug-likeness (QED) is 0.859. The lowest BCUT2D eigenvalue weighted by atomic mass is 9.87. The van der Waals surface area contributed by atoms with Gasteiger partial charge in [-0.05, 0) is 43.7 Å². The molecule has 1 saturated heterocycles. The van der Waals surface area contributed by atoms with Crippen LogP contribution in [0.15, 0.2) is 18.3 Å². The number of rotatable bonds is 5. The van der Waals surface area contributed by atoms with Crippen molar-refractivity contribution in [3.63, 3.8) is 0 Å². The molecule has 3 N–H and O–H groups in total. The van der Waals surface area contributed by atoms with Crippen LogP contribution in [0, 0.1) is 11.8 Å². The molecule has 1 atom stereocenters. The van der Waals surface area contributed by atoms with Gasteiger partial charge in [0.25, 0.3) is 0 Å². The number of amides is 2. The van der Waals surface area contributed by atoms with Crippen molar-refractivity contribution in [1.82, 2.24) is 4.98 Å². The monoisotopic (exact) mass is 344 g/mol. The molecule has 1 saturated carbocycles. The molecular weight excluding hydrogens is 316 g/mol. The lowest BCUT2D eigenvalue weighted by molar-refractivity contribution is -0.122. The van der Waals surface area contributed by atoms with Crippen LogP contribution in [0.25, 0.3) is 0 Å². The van der Waals surface area contributed by atoms with Gasteiger partial charge >= 0.3 is 0 Å². The fourth-order valence-electron chi connectivity index (χ4n) is 3.93. The first-order valence-corrected chi connectivity index (χ1v) is 9.42. The number of nitrogens with zero attached hydrogens (tertiary/aromatic N) is 2. The number of hydrogen-bond donors (Lipinski definition) is 2. The summed E-state index contributed by atoms with van der Waals surface area (Å²) in [6.45, 7) is 1.50. The Balaban J connectivity index is 1.53. The largest absolute Gasteiger partial charge is 0.369 e. The first-order chi connectivity index (χ1) is 12.1. The predicted octanol–water partition coefficient (Wildman–Crippen LogP) is 2.69. The Kier molecular flexibility index (Phi) is 5.89. The predicted molar refractivity (Wildman–Crippen MR) is 98.2 cm³/mol. The maximum absolute atomic E-state index is 12.2. The van der Waals surface area contributed by atoms with Crippen LogP contribution >= 0.6 is 0 Å². The number of primary amides is 1. The number of piperidine rings is 1. The molecule has 2 aliphatic rings. The summed E-state index contributed by atoms with van der Waals surface area (Å²) >= 11 is 0. The Morgan fingerprint density at radius 2 is 1.96 bits per heavy atom. The van der Waals surface area contributed by atoms with Crippen molar-refractivity contribution >= 4 is 23.3 Å². The summed E-state index contributed by atoms with van der Waals surface area (Å²) < 4.78 is 0. The highest BCUT2D eigenvalue weighted by atomic mass is 16.2. The van der Waals surface area contributed by atoms with Gasteiger partial charge in [0.2, 0.25) is 11.8 Å². The van der Waals surface area contributed by atoms with Gasteiger partial charge in [-0.15, -0.1) is 0 Å². The van der Waals surface area contributed by atoms with Crippen LogP contribution in [0.3, 0.4) is 0 Å². The molecule has 2 fully saturated rings. The lowest BCUT2D eigenvalue weighted by Gasteiger charge is -2.32. The average Bonchev–Trinajstić information content (AvgIpc) is 2.63. The molecule has 1 aliphatic heterocycles. The zero-order chi connectivity index (χ0) is 17.6. The zero-order valence-electron chi connectivity index (χ0n) is 14.7. The summed E-state index contributed by atoms with van der Waals surface area (Å²) in [6, 6.07) is 3.79. The minimum absolute atomic E-state index is 0.0771. The van der Waals surface area contributed by atoms with Gasteiger partial charge < -0.3 is 16.0 Å².